The van der Waals surface area contributed by atoms with Crippen LogP contribution >= 0.6 is 0 Å². The van der Waals surface area contributed by atoms with Crippen molar-refractivity contribution in [3.63, 3.8) is 0 Å². The van der Waals surface area contributed by atoms with Gasteiger partial charge in [-0.25, -0.2) is 0 Å². The van der Waals surface area contributed by atoms with E-state index >= 15 is 0 Å². The van der Waals surface area contributed by atoms with Gasteiger partial charge in [0.15, 0.2) is 0 Å². The zero-order valence-corrected chi connectivity index (χ0v) is 10.6. The number of nitrogens with zero attached hydrogens (tertiary/aromatic N) is 3. The Bertz CT molecular complexity index is 302. The van der Waals surface area contributed by atoms with Crippen LogP contribution in [0, 0.1) is 0 Å². The molecule has 3 nitrogen and oxygen atoms in total. The van der Waals surface area contributed by atoms with Crippen molar-refractivity contribution in [1.29, 1.82) is 0 Å². The Balaban J connectivity index is 2.61. The summed E-state index contributed by atoms with van der Waals surface area (Å²) in [5, 5.41) is 4.29. The third-order valence-corrected chi connectivity index (χ3v) is 3.33. The number of hydrogen-bond donors (Lipinski definition) is 0. The molecule has 0 aliphatic carbocycles. The van der Waals surface area contributed by atoms with Crippen molar-refractivity contribution < 1.29 is 0 Å². The van der Waals surface area contributed by atoms with Gasteiger partial charge in [0.05, 0.1) is 6.20 Å². The summed E-state index contributed by atoms with van der Waals surface area (Å²) in [7, 11) is 2.17. The fourth-order valence-electron chi connectivity index (χ4n) is 1.42. The van der Waals surface area contributed by atoms with Gasteiger partial charge in [0.2, 0.25) is 0 Å². The van der Waals surface area contributed by atoms with Crippen LogP contribution in [0.1, 0.15) is 39.7 Å². The Morgan fingerprint density at radius 1 is 1.40 bits per heavy atom. The van der Waals surface area contributed by atoms with Crippen LogP contribution in [-0.2, 0) is 13.1 Å². The van der Waals surface area contributed by atoms with Crippen molar-refractivity contribution in [3.05, 3.63) is 18.0 Å². The predicted molar refractivity (Wildman–Crippen MR) is 63.7 cm³/mol. The lowest BCUT2D eigenvalue weighted by atomic mass is 10.00. The van der Waals surface area contributed by atoms with Crippen molar-refractivity contribution in [2.45, 2.75) is 52.7 Å². The van der Waals surface area contributed by atoms with Gasteiger partial charge in [-0.05, 0) is 34.2 Å². The minimum Gasteiger partial charge on any atom is -0.297 e. The Kier molecular flexibility index (Phi) is 3.91. The molecule has 0 aliphatic heterocycles. The maximum absolute atomic E-state index is 4.29. The first-order valence-electron chi connectivity index (χ1n) is 5.72. The molecule has 1 heterocycles. The lowest BCUT2D eigenvalue weighted by Crippen LogP contribution is -2.39. The van der Waals surface area contributed by atoms with Gasteiger partial charge in [-0.1, -0.05) is 6.92 Å². The number of aryl methyl sites for hydroxylation is 1. The van der Waals surface area contributed by atoms with E-state index in [4.69, 9.17) is 0 Å². The molecule has 3 heteroatoms. The molecule has 0 aliphatic rings. The summed E-state index contributed by atoms with van der Waals surface area (Å²) >= 11 is 0. The van der Waals surface area contributed by atoms with Crippen molar-refractivity contribution in [2.75, 3.05) is 7.05 Å². The average Bonchev–Trinajstić information content (AvgIpc) is 2.65. The summed E-state index contributed by atoms with van der Waals surface area (Å²) in [6, 6.07) is 0. The van der Waals surface area contributed by atoms with Gasteiger partial charge in [0, 0.05) is 30.4 Å². The molecule has 0 fully saturated rings. The van der Waals surface area contributed by atoms with Crippen LogP contribution in [0.3, 0.4) is 0 Å². The number of aromatic nitrogens is 2. The van der Waals surface area contributed by atoms with Crippen molar-refractivity contribution >= 4 is 0 Å². The molecule has 0 amide bonds. The lowest BCUT2D eigenvalue weighted by Gasteiger charge is -2.34. The molecule has 86 valence electrons. The Labute approximate surface area is 93.1 Å². The minimum absolute atomic E-state index is 0.258. The molecule has 1 rings (SSSR count). The smallest absolute Gasteiger partial charge is 0.0534 e. The molecule has 0 saturated heterocycles. The van der Waals surface area contributed by atoms with Gasteiger partial charge in [-0.2, -0.15) is 5.10 Å². The van der Waals surface area contributed by atoms with Gasteiger partial charge in [0.25, 0.3) is 0 Å². The quantitative estimate of drug-likeness (QED) is 0.743. The molecule has 0 bridgehead atoms. The van der Waals surface area contributed by atoms with Crippen LogP contribution in [-0.4, -0.2) is 27.3 Å². The molecule has 0 N–H and O–H groups in total. The van der Waals surface area contributed by atoms with E-state index in [-0.39, 0.29) is 5.54 Å². The topological polar surface area (TPSA) is 21.1 Å². The van der Waals surface area contributed by atoms with E-state index in [1.54, 1.807) is 0 Å². The Morgan fingerprint density at radius 2 is 2.07 bits per heavy atom. The van der Waals surface area contributed by atoms with Gasteiger partial charge in [-0.15, -0.1) is 0 Å². The third kappa shape index (κ3) is 3.06. The van der Waals surface area contributed by atoms with Crippen LogP contribution in [0.5, 0.6) is 0 Å². The highest BCUT2D eigenvalue weighted by Gasteiger charge is 2.21. The van der Waals surface area contributed by atoms with Gasteiger partial charge >= 0.3 is 0 Å². The second-order valence-electron chi connectivity index (χ2n) is 4.73. The molecular weight excluding hydrogens is 186 g/mol. The molecule has 0 aromatic carbocycles. The Hall–Kier alpha value is -0.830. The molecule has 15 heavy (non-hydrogen) atoms. The van der Waals surface area contributed by atoms with E-state index in [9.17, 15) is 0 Å². The van der Waals surface area contributed by atoms with E-state index < -0.39 is 0 Å². The predicted octanol–water partition coefficient (Wildman–Crippen LogP) is 2.52. The van der Waals surface area contributed by atoms with Crippen molar-refractivity contribution in [1.82, 2.24) is 14.7 Å². The summed E-state index contributed by atoms with van der Waals surface area (Å²) in [5.41, 5.74) is 1.55. The summed E-state index contributed by atoms with van der Waals surface area (Å²) in [5.74, 6) is 0. The maximum atomic E-state index is 4.29. The van der Waals surface area contributed by atoms with Gasteiger partial charge in [-0.3, -0.25) is 9.58 Å². The molecule has 0 spiro atoms. The largest absolute Gasteiger partial charge is 0.297 e. The van der Waals surface area contributed by atoms with Gasteiger partial charge < -0.3 is 0 Å². The van der Waals surface area contributed by atoms with E-state index in [0.29, 0.717) is 0 Å². The normalized spacial score (nSPS) is 12.4. The van der Waals surface area contributed by atoms with Crippen LogP contribution in [0.4, 0.5) is 0 Å². The molecule has 0 atom stereocenters. The van der Waals surface area contributed by atoms with Crippen molar-refractivity contribution in [2.24, 2.45) is 0 Å². The number of hydrogen-bond acceptors (Lipinski definition) is 2. The van der Waals surface area contributed by atoms with E-state index in [0.717, 1.165) is 19.5 Å². The fourth-order valence-corrected chi connectivity index (χ4v) is 1.42. The zero-order valence-electron chi connectivity index (χ0n) is 10.6. The van der Waals surface area contributed by atoms with Crippen LogP contribution < -0.4 is 0 Å². The highest BCUT2D eigenvalue weighted by Crippen LogP contribution is 2.18. The monoisotopic (exact) mass is 209 g/mol. The molecular formula is C12H23N3. The molecule has 0 unspecified atom stereocenters. The number of rotatable bonds is 5. The van der Waals surface area contributed by atoms with Crippen LogP contribution in [0.2, 0.25) is 0 Å². The minimum atomic E-state index is 0.258. The van der Waals surface area contributed by atoms with Crippen LogP contribution in [0.15, 0.2) is 12.4 Å². The summed E-state index contributed by atoms with van der Waals surface area (Å²) in [4.78, 5) is 2.38. The molecule has 1 aromatic rings. The summed E-state index contributed by atoms with van der Waals surface area (Å²) in [6.07, 6.45) is 5.25. The first-order valence-corrected chi connectivity index (χ1v) is 5.72. The first-order chi connectivity index (χ1) is 6.99. The maximum Gasteiger partial charge on any atom is 0.0534 e. The highest BCUT2D eigenvalue weighted by atomic mass is 15.3. The average molecular weight is 209 g/mol. The molecule has 0 radical (unpaired) electrons. The summed E-state index contributed by atoms with van der Waals surface area (Å²) in [6.45, 7) is 10.8. The van der Waals surface area contributed by atoms with Crippen molar-refractivity contribution in [3.8, 4) is 0 Å². The van der Waals surface area contributed by atoms with Gasteiger partial charge in [0.1, 0.15) is 0 Å². The highest BCUT2D eigenvalue weighted by molar-refractivity contribution is 5.04. The first kappa shape index (κ1) is 12.2. The SMILES string of the molecule is CCn1cc(CN(C)C(C)(C)CC)cn1. The molecule has 0 saturated carbocycles. The third-order valence-electron chi connectivity index (χ3n) is 3.33. The molecule has 1 aromatic heterocycles. The second kappa shape index (κ2) is 4.79. The summed E-state index contributed by atoms with van der Waals surface area (Å²) < 4.78 is 1.97. The second-order valence-corrected chi connectivity index (χ2v) is 4.73. The standard InChI is InChI=1S/C12H23N3/c1-6-12(3,4)14(5)9-11-8-13-15(7-2)10-11/h8,10H,6-7,9H2,1-5H3. The fraction of sp³-hybridized carbons (Fsp3) is 0.750. The van der Waals surface area contributed by atoms with E-state index in [1.807, 2.05) is 10.9 Å². The van der Waals surface area contributed by atoms with E-state index in [2.05, 4.69) is 50.9 Å². The zero-order chi connectivity index (χ0) is 11.5. The Morgan fingerprint density at radius 3 is 2.53 bits per heavy atom. The van der Waals surface area contributed by atoms with Crippen LogP contribution in [0.25, 0.3) is 0 Å². The van der Waals surface area contributed by atoms with E-state index in [1.165, 1.54) is 5.56 Å². The lowest BCUT2D eigenvalue weighted by molar-refractivity contribution is 0.143.